The average molecular weight is 310 g/mol. The lowest BCUT2D eigenvalue weighted by molar-refractivity contribution is -0.123. The summed E-state index contributed by atoms with van der Waals surface area (Å²) in [7, 11) is 0. The van der Waals surface area contributed by atoms with Crippen LogP contribution in [-0.4, -0.2) is 17.9 Å². The molecule has 0 bridgehead atoms. The molecule has 1 heterocycles. The van der Waals surface area contributed by atoms with Crippen molar-refractivity contribution in [3.8, 4) is 0 Å². The van der Waals surface area contributed by atoms with E-state index in [0.29, 0.717) is 5.92 Å². The van der Waals surface area contributed by atoms with E-state index in [1.165, 1.54) is 6.92 Å². The highest BCUT2D eigenvalue weighted by Crippen LogP contribution is 2.22. The van der Waals surface area contributed by atoms with E-state index >= 15 is 0 Å². The Bertz CT molecular complexity index is 443. The summed E-state index contributed by atoms with van der Waals surface area (Å²) in [5, 5.41) is 7.81. The molecule has 0 aromatic carbocycles. The number of carbonyl (C=O) groups excluding carboxylic acids is 2. The first-order valence-corrected chi connectivity index (χ1v) is 8.36. The minimum absolute atomic E-state index is 0.0154. The molecule has 0 saturated heterocycles. The van der Waals surface area contributed by atoms with Gasteiger partial charge in [-0.25, -0.2) is 0 Å². The lowest BCUT2D eigenvalue weighted by Crippen LogP contribution is -2.36. The van der Waals surface area contributed by atoms with Crippen molar-refractivity contribution in [2.75, 3.05) is 0 Å². The molecule has 1 aromatic rings. The van der Waals surface area contributed by atoms with Crippen LogP contribution >= 0.6 is 11.3 Å². The summed E-state index contributed by atoms with van der Waals surface area (Å²) in [4.78, 5) is 24.4. The first kappa shape index (κ1) is 17.7. The van der Waals surface area contributed by atoms with E-state index in [0.717, 1.165) is 17.7 Å². The number of carbonyl (C=O) groups is 2. The second-order valence-corrected chi connectivity index (χ2v) is 6.89. The van der Waals surface area contributed by atoms with Gasteiger partial charge in [-0.2, -0.15) is 0 Å². The van der Waals surface area contributed by atoms with Crippen molar-refractivity contribution in [2.24, 2.45) is 5.92 Å². The molecule has 0 saturated carbocycles. The number of nitrogens with one attached hydrogen (secondary N) is 2. The molecule has 21 heavy (non-hydrogen) atoms. The average Bonchev–Trinajstić information content (AvgIpc) is 2.88. The maximum Gasteiger partial charge on any atom is 0.222 e. The summed E-state index contributed by atoms with van der Waals surface area (Å²) >= 11 is 1.55. The van der Waals surface area contributed by atoms with Gasteiger partial charge in [0.2, 0.25) is 11.8 Å². The smallest absolute Gasteiger partial charge is 0.222 e. The minimum atomic E-state index is -0.236. The zero-order valence-corrected chi connectivity index (χ0v) is 14.1. The largest absolute Gasteiger partial charge is 0.354 e. The van der Waals surface area contributed by atoms with E-state index in [1.807, 2.05) is 24.4 Å². The van der Waals surface area contributed by atoms with E-state index in [4.69, 9.17) is 0 Å². The maximum atomic E-state index is 12.1. The van der Waals surface area contributed by atoms with E-state index in [2.05, 4.69) is 24.5 Å². The summed E-state index contributed by atoms with van der Waals surface area (Å²) in [6.07, 6.45) is 2.36. The van der Waals surface area contributed by atoms with E-state index < -0.39 is 0 Å². The first-order valence-electron chi connectivity index (χ1n) is 7.48. The summed E-state index contributed by atoms with van der Waals surface area (Å²) in [6, 6.07) is 3.81. The van der Waals surface area contributed by atoms with Gasteiger partial charge in [-0.15, -0.1) is 11.3 Å². The molecule has 2 atom stereocenters. The topological polar surface area (TPSA) is 58.2 Å². The van der Waals surface area contributed by atoms with Gasteiger partial charge in [0, 0.05) is 17.8 Å². The Hall–Kier alpha value is -1.36. The molecule has 0 aliphatic rings. The monoisotopic (exact) mass is 310 g/mol. The molecule has 0 fully saturated rings. The second-order valence-electron chi connectivity index (χ2n) is 5.91. The molecule has 1 aromatic heterocycles. The van der Waals surface area contributed by atoms with Crippen LogP contribution in [0.4, 0.5) is 0 Å². The molecule has 0 spiro atoms. The van der Waals surface area contributed by atoms with E-state index in [1.54, 1.807) is 11.3 Å². The molecular weight excluding hydrogens is 284 g/mol. The van der Waals surface area contributed by atoms with Crippen molar-refractivity contribution in [3.63, 3.8) is 0 Å². The third-order valence-electron chi connectivity index (χ3n) is 3.24. The van der Waals surface area contributed by atoms with Crippen molar-refractivity contribution >= 4 is 23.2 Å². The van der Waals surface area contributed by atoms with Gasteiger partial charge >= 0.3 is 0 Å². The Morgan fingerprint density at radius 3 is 2.43 bits per heavy atom. The molecular formula is C16H26N2O2S. The lowest BCUT2D eigenvalue weighted by Gasteiger charge is -2.19. The molecule has 2 N–H and O–H groups in total. The van der Waals surface area contributed by atoms with E-state index in [9.17, 15) is 9.59 Å². The number of rotatable bonds is 8. The zero-order chi connectivity index (χ0) is 15.8. The SMILES string of the molecule is CC(=O)N[C@H](CC(=O)N[C@H](C)CCC(C)C)c1cccs1. The number of hydrogen-bond donors (Lipinski definition) is 2. The Morgan fingerprint density at radius 2 is 1.90 bits per heavy atom. The third-order valence-corrected chi connectivity index (χ3v) is 4.22. The van der Waals surface area contributed by atoms with Gasteiger partial charge in [-0.1, -0.05) is 19.9 Å². The van der Waals surface area contributed by atoms with Gasteiger partial charge in [0.25, 0.3) is 0 Å². The van der Waals surface area contributed by atoms with Crippen LogP contribution in [0.15, 0.2) is 17.5 Å². The van der Waals surface area contributed by atoms with Crippen molar-refractivity contribution in [3.05, 3.63) is 22.4 Å². The predicted molar refractivity (Wildman–Crippen MR) is 87.2 cm³/mol. The summed E-state index contributed by atoms with van der Waals surface area (Å²) in [6.45, 7) is 7.86. The van der Waals surface area contributed by atoms with Crippen LogP contribution in [0.2, 0.25) is 0 Å². The highest BCUT2D eigenvalue weighted by Gasteiger charge is 2.19. The molecule has 0 unspecified atom stereocenters. The van der Waals surface area contributed by atoms with Gasteiger partial charge in [0.05, 0.1) is 12.5 Å². The predicted octanol–water partition coefficient (Wildman–Crippen LogP) is 3.26. The zero-order valence-electron chi connectivity index (χ0n) is 13.3. The summed E-state index contributed by atoms with van der Waals surface area (Å²) in [5.41, 5.74) is 0. The normalized spacial score (nSPS) is 13.8. The molecule has 0 radical (unpaired) electrons. The van der Waals surface area contributed by atoms with Crippen molar-refractivity contribution in [1.82, 2.24) is 10.6 Å². The van der Waals surface area contributed by atoms with E-state index in [-0.39, 0.29) is 30.3 Å². The Kier molecular flexibility index (Phi) is 7.43. The van der Waals surface area contributed by atoms with Gasteiger partial charge in [0.15, 0.2) is 0 Å². The van der Waals surface area contributed by atoms with Crippen LogP contribution < -0.4 is 10.6 Å². The van der Waals surface area contributed by atoms with Crippen LogP contribution in [0, 0.1) is 5.92 Å². The van der Waals surface area contributed by atoms with Crippen molar-refractivity contribution in [1.29, 1.82) is 0 Å². The van der Waals surface area contributed by atoms with Crippen LogP contribution in [0.25, 0.3) is 0 Å². The Labute approximate surface area is 131 Å². The first-order chi connectivity index (χ1) is 9.88. The Morgan fingerprint density at radius 1 is 1.19 bits per heavy atom. The molecule has 0 aliphatic carbocycles. The molecule has 1 rings (SSSR count). The van der Waals surface area contributed by atoms with Gasteiger partial charge in [-0.05, 0) is 37.1 Å². The van der Waals surface area contributed by atoms with Crippen LogP contribution in [0.5, 0.6) is 0 Å². The maximum absolute atomic E-state index is 12.1. The molecule has 4 nitrogen and oxygen atoms in total. The quantitative estimate of drug-likeness (QED) is 0.774. The molecule has 118 valence electrons. The van der Waals surface area contributed by atoms with Crippen LogP contribution in [0.3, 0.4) is 0 Å². The van der Waals surface area contributed by atoms with Gasteiger partial charge in [0.1, 0.15) is 0 Å². The highest BCUT2D eigenvalue weighted by molar-refractivity contribution is 7.10. The van der Waals surface area contributed by atoms with Crippen molar-refractivity contribution in [2.45, 2.75) is 59.0 Å². The molecule has 5 heteroatoms. The summed E-state index contributed by atoms with van der Waals surface area (Å²) in [5.74, 6) is 0.509. The van der Waals surface area contributed by atoms with Gasteiger partial charge in [-0.3, -0.25) is 9.59 Å². The minimum Gasteiger partial charge on any atom is -0.354 e. The standard InChI is InChI=1S/C16H26N2O2S/c1-11(2)7-8-12(3)17-16(20)10-14(18-13(4)19)15-6-5-9-21-15/h5-6,9,11-12,14H,7-8,10H2,1-4H3,(H,17,20)(H,18,19)/t12-,14-/m1/s1. The summed E-state index contributed by atoms with van der Waals surface area (Å²) < 4.78 is 0. The van der Waals surface area contributed by atoms with Crippen molar-refractivity contribution < 1.29 is 9.59 Å². The number of amides is 2. The molecule has 0 aliphatic heterocycles. The fourth-order valence-electron chi connectivity index (χ4n) is 2.13. The third kappa shape index (κ3) is 7.27. The number of thiophene rings is 1. The number of hydrogen-bond acceptors (Lipinski definition) is 3. The van der Waals surface area contributed by atoms with Gasteiger partial charge < -0.3 is 10.6 Å². The fourth-order valence-corrected chi connectivity index (χ4v) is 2.91. The fraction of sp³-hybridized carbons (Fsp3) is 0.625. The Balaban J connectivity index is 2.50. The second kappa shape index (κ2) is 8.82. The highest BCUT2D eigenvalue weighted by atomic mass is 32.1. The van der Waals surface area contributed by atoms with Crippen LogP contribution in [-0.2, 0) is 9.59 Å². The van der Waals surface area contributed by atoms with Crippen LogP contribution in [0.1, 0.15) is 57.9 Å². The molecule has 2 amide bonds. The lowest BCUT2D eigenvalue weighted by atomic mass is 10.0.